The largest absolute Gasteiger partial charge is 0.481 e. The van der Waals surface area contributed by atoms with E-state index in [2.05, 4.69) is 17.9 Å². The molecule has 2 rings (SSSR count). The number of alkyl halides is 2. The Morgan fingerprint density at radius 1 is 1.27 bits per heavy atom. The number of hydrogen-bond acceptors (Lipinski definition) is 2. The summed E-state index contributed by atoms with van der Waals surface area (Å²) < 4.78 is 60.0. The Hall–Kier alpha value is -1.65. The molecule has 8 heteroatoms. The van der Waals surface area contributed by atoms with E-state index >= 15 is 0 Å². The molecule has 0 unspecified atom stereocenters. The second kappa shape index (κ2) is 9.89. The van der Waals surface area contributed by atoms with Gasteiger partial charge in [0.25, 0.3) is 6.43 Å². The molecule has 1 radical (unpaired) electrons. The van der Waals surface area contributed by atoms with Crippen LogP contribution in [0.4, 0.5) is 17.6 Å². The summed E-state index contributed by atoms with van der Waals surface area (Å²) in [6.07, 6.45) is -2.87. The van der Waals surface area contributed by atoms with Crippen LogP contribution in [0.1, 0.15) is 12.5 Å². The summed E-state index contributed by atoms with van der Waals surface area (Å²) in [5.41, 5.74) is -1.62. The predicted octanol–water partition coefficient (Wildman–Crippen LogP) is 3.57. The number of benzene rings is 1. The van der Waals surface area contributed by atoms with Crippen LogP contribution in [0, 0.1) is 36.5 Å². The molecule has 0 atom stereocenters. The van der Waals surface area contributed by atoms with E-state index in [0.29, 0.717) is 4.57 Å². The fourth-order valence-corrected chi connectivity index (χ4v) is 2.20. The Balaban J connectivity index is 0.00000338. The monoisotopic (exact) mass is 441 g/mol. The minimum absolute atomic E-state index is 0. The Labute approximate surface area is 173 Å². The van der Waals surface area contributed by atoms with E-state index in [1.807, 2.05) is 0 Å². The maximum atomic E-state index is 14.4. The molecule has 0 aliphatic carbocycles. The zero-order chi connectivity index (χ0) is 18.6. The average molecular weight is 441 g/mol. The van der Waals surface area contributed by atoms with Crippen LogP contribution >= 0.6 is 0 Å². The van der Waals surface area contributed by atoms with Gasteiger partial charge in [0.15, 0.2) is 5.56 Å². The number of nitrogens with zero attached hydrogens (tertiary/aromatic N) is 1. The van der Waals surface area contributed by atoms with E-state index in [9.17, 15) is 22.4 Å². The van der Waals surface area contributed by atoms with Gasteiger partial charge in [0.05, 0.1) is 18.2 Å². The summed E-state index contributed by atoms with van der Waals surface area (Å²) in [6.45, 7) is 1.95. The molecule has 1 aromatic carbocycles. The van der Waals surface area contributed by atoms with Crippen molar-refractivity contribution in [3.05, 3.63) is 51.8 Å². The molecule has 0 aliphatic heterocycles. The van der Waals surface area contributed by atoms with Gasteiger partial charge in [0.1, 0.15) is 12.4 Å². The van der Waals surface area contributed by atoms with Gasteiger partial charge in [0.2, 0.25) is 0 Å². The molecule has 0 bridgehead atoms. The molecule has 1 aromatic heterocycles. The minimum atomic E-state index is -2.87. The van der Waals surface area contributed by atoms with Gasteiger partial charge in [-0.05, 0) is 12.5 Å². The smallest absolute Gasteiger partial charge is 0.256 e. The molecule has 1 heterocycles. The van der Waals surface area contributed by atoms with Crippen LogP contribution in [0.3, 0.4) is 0 Å². The number of hydrogen-bond donors (Lipinski definition) is 0. The number of ether oxygens (including phenoxy) is 1. The van der Waals surface area contributed by atoms with Crippen molar-refractivity contribution in [2.45, 2.75) is 26.8 Å². The number of rotatable bonds is 5. The van der Waals surface area contributed by atoms with Crippen LogP contribution in [0.25, 0.3) is 11.3 Å². The van der Waals surface area contributed by atoms with Crippen LogP contribution in [-0.2, 0) is 39.3 Å². The van der Waals surface area contributed by atoms with Crippen LogP contribution in [0.5, 0.6) is 5.75 Å². The van der Waals surface area contributed by atoms with E-state index in [0.717, 1.165) is 12.1 Å². The van der Waals surface area contributed by atoms with Crippen LogP contribution in [0.15, 0.2) is 23.0 Å². The minimum Gasteiger partial charge on any atom is -0.481 e. The Bertz CT molecular complexity index is 877. The fraction of sp³-hybridized carbons (Fsp3) is 0.278. The first kappa shape index (κ1) is 22.4. The van der Waals surface area contributed by atoms with E-state index in [1.165, 1.54) is 13.0 Å². The summed E-state index contributed by atoms with van der Waals surface area (Å²) in [6, 6.07) is 5.52. The van der Waals surface area contributed by atoms with Crippen molar-refractivity contribution in [2.24, 2.45) is 0 Å². The van der Waals surface area contributed by atoms with Crippen molar-refractivity contribution in [3.8, 4) is 28.8 Å². The van der Waals surface area contributed by atoms with Gasteiger partial charge in [-0.2, -0.15) is 12.1 Å². The normalized spacial score (nSPS) is 10.1. The zero-order valence-electron chi connectivity index (χ0n) is 14.1. The Kier molecular flexibility index (Phi) is 8.52. The molecular formula is C18H14F4NO2Y-. The zero-order valence-corrected chi connectivity index (χ0v) is 16.9. The third-order valence-electron chi connectivity index (χ3n) is 3.34. The van der Waals surface area contributed by atoms with Crippen molar-refractivity contribution >= 4 is 0 Å². The van der Waals surface area contributed by atoms with Crippen molar-refractivity contribution in [1.29, 1.82) is 0 Å². The van der Waals surface area contributed by atoms with Crippen LogP contribution in [0.2, 0.25) is 0 Å². The van der Waals surface area contributed by atoms with Gasteiger partial charge >= 0.3 is 0 Å². The van der Waals surface area contributed by atoms with Gasteiger partial charge in [-0.15, -0.1) is 5.92 Å². The van der Waals surface area contributed by atoms with Gasteiger partial charge in [-0.1, -0.05) is 24.1 Å². The van der Waals surface area contributed by atoms with E-state index in [4.69, 9.17) is 4.74 Å². The van der Waals surface area contributed by atoms with Crippen molar-refractivity contribution in [1.82, 2.24) is 4.57 Å². The first-order valence-electron chi connectivity index (χ1n) is 7.27. The molecule has 0 amide bonds. The maximum absolute atomic E-state index is 14.4. The van der Waals surface area contributed by atoms with Crippen LogP contribution in [-0.4, -0.2) is 17.6 Å². The predicted molar refractivity (Wildman–Crippen MR) is 84.6 cm³/mol. The number of halogens is 4. The number of pyridine rings is 1. The van der Waals surface area contributed by atoms with Crippen molar-refractivity contribution in [2.75, 3.05) is 6.61 Å². The Morgan fingerprint density at radius 3 is 2.42 bits per heavy atom. The molecular weight excluding hydrogens is 427 g/mol. The summed E-state index contributed by atoms with van der Waals surface area (Å²) >= 11 is 0. The summed E-state index contributed by atoms with van der Waals surface area (Å²) in [5, 5.41) is 0. The van der Waals surface area contributed by atoms with Crippen LogP contribution < -0.4 is 10.3 Å². The van der Waals surface area contributed by atoms with E-state index in [-0.39, 0.29) is 56.3 Å². The molecule has 0 aliphatic rings. The van der Waals surface area contributed by atoms with Gasteiger partial charge in [-0.25, -0.2) is 17.6 Å². The number of aromatic nitrogens is 1. The quantitative estimate of drug-likeness (QED) is 0.404. The Morgan fingerprint density at radius 2 is 1.88 bits per heavy atom. The topological polar surface area (TPSA) is 31.2 Å². The van der Waals surface area contributed by atoms with E-state index < -0.39 is 35.7 Å². The van der Waals surface area contributed by atoms with Gasteiger partial charge in [0, 0.05) is 44.8 Å². The first-order chi connectivity index (χ1) is 11.8. The molecule has 2 aromatic rings. The average Bonchev–Trinajstić information content (AvgIpc) is 2.53. The standard InChI is InChI=1S/C18H14F4NO2.Y/c1-3-4-7-25-12-8-13(19)17(14(20)9-12)15-6-5-11(2)18(24)23(15)10-16(21)22;/h5,8-9,16H,7,10H2,1-2H3;/q-1;. The molecule has 0 N–H and O–H groups in total. The maximum Gasteiger partial charge on any atom is 0.256 e. The summed E-state index contributed by atoms with van der Waals surface area (Å²) in [4.78, 5) is 12.1. The molecule has 0 fully saturated rings. The summed E-state index contributed by atoms with van der Waals surface area (Å²) in [5.74, 6) is 2.93. The van der Waals surface area contributed by atoms with Crippen molar-refractivity contribution < 1.29 is 55.0 Å². The third-order valence-corrected chi connectivity index (χ3v) is 3.34. The summed E-state index contributed by atoms with van der Waals surface area (Å²) in [7, 11) is 0. The van der Waals surface area contributed by atoms with Crippen molar-refractivity contribution in [3.63, 3.8) is 0 Å². The third kappa shape index (κ3) is 5.18. The number of aryl methyl sites for hydroxylation is 1. The van der Waals surface area contributed by atoms with E-state index in [1.54, 1.807) is 6.92 Å². The second-order valence-electron chi connectivity index (χ2n) is 5.10. The molecule has 3 nitrogen and oxygen atoms in total. The fourth-order valence-electron chi connectivity index (χ4n) is 2.20. The second-order valence-corrected chi connectivity index (χ2v) is 5.10. The SMILES string of the molecule is CC#CCOc1cc(F)c(-c2[c-]cc(C)c(=O)n2CC(F)F)c(F)c1.[Y]. The first-order valence-corrected chi connectivity index (χ1v) is 7.27. The molecule has 0 saturated carbocycles. The van der Waals surface area contributed by atoms with Gasteiger partial charge < -0.3 is 9.30 Å². The molecule has 0 saturated heterocycles. The molecule has 0 spiro atoms. The van der Waals surface area contributed by atoms with Gasteiger partial charge in [-0.3, -0.25) is 4.79 Å². The molecule has 26 heavy (non-hydrogen) atoms. The molecule has 135 valence electrons.